The van der Waals surface area contributed by atoms with Gasteiger partial charge in [-0.2, -0.15) is 0 Å². The normalized spacial score (nSPS) is 10.6. The van der Waals surface area contributed by atoms with Crippen molar-refractivity contribution in [2.75, 3.05) is 18.9 Å². The Kier molecular flexibility index (Phi) is 4.90. The first-order valence-corrected chi connectivity index (χ1v) is 5.69. The number of amides is 1. The molecule has 0 saturated heterocycles. The Balaban J connectivity index is 2.80. The van der Waals surface area contributed by atoms with E-state index in [1.807, 2.05) is 13.8 Å². The summed E-state index contributed by atoms with van der Waals surface area (Å²) in [4.78, 5) is 17.8. The molecule has 1 amide bonds. The molecule has 1 aromatic heterocycles. The number of aliphatic hydroxyl groups excluding tert-OH is 1. The van der Waals surface area contributed by atoms with Gasteiger partial charge in [-0.15, -0.1) is 0 Å². The van der Waals surface area contributed by atoms with E-state index < -0.39 is 0 Å². The molecule has 94 valence electrons. The van der Waals surface area contributed by atoms with Crippen LogP contribution in [0.1, 0.15) is 30.6 Å². The van der Waals surface area contributed by atoms with Crippen molar-refractivity contribution < 1.29 is 9.90 Å². The molecule has 0 spiro atoms. The summed E-state index contributed by atoms with van der Waals surface area (Å²) < 4.78 is 0. The van der Waals surface area contributed by atoms with Crippen LogP contribution in [0.25, 0.3) is 0 Å². The van der Waals surface area contributed by atoms with Gasteiger partial charge in [0.2, 0.25) is 0 Å². The van der Waals surface area contributed by atoms with E-state index in [2.05, 4.69) is 4.98 Å². The van der Waals surface area contributed by atoms with E-state index >= 15 is 0 Å². The average Bonchev–Trinajstić information content (AvgIpc) is 2.29. The minimum Gasteiger partial charge on any atom is -0.396 e. The number of hydrogen-bond donors (Lipinski definition) is 2. The zero-order chi connectivity index (χ0) is 12.8. The van der Waals surface area contributed by atoms with Crippen molar-refractivity contribution in [2.24, 2.45) is 0 Å². The number of aromatic nitrogens is 1. The van der Waals surface area contributed by atoms with E-state index in [4.69, 9.17) is 10.8 Å². The Morgan fingerprint density at radius 3 is 2.71 bits per heavy atom. The monoisotopic (exact) mass is 237 g/mol. The zero-order valence-electron chi connectivity index (χ0n) is 10.3. The fraction of sp³-hybridized carbons (Fsp3) is 0.500. The van der Waals surface area contributed by atoms with Gasteiger partial charge in [0.15, 0.2) is 0 Å². The van der Waals surface area contributed by atoms with Crippen molar-refractivity contribution in [1.29, 1.82) is 0 Å². The molecule has 5 nitrogen and oxygen atoms in total. The third kappa shape index (κ3) is 3.71. The van der Waals surface area contributed by atoms with Crippen LogP contribution in [0.2, 0.25) is 0 Å². The summed E-state index contributed by atoms with van der Waals surface area (Å²) in [5.41, 5.74) is 5.99. The third-order valence-corrected chi connectivity index (χ3v) is 2.47. The number of nitrogens with zero attached hydrogens (tertiary/aromatic N) is 2. The molecule has 0 aliphatic carbocycles. The average molecular weight is 237 g/mol. The number of aliphatic hydroxyl groups is 1. The van der Waals surface area contributed by atoms with E-state index in [1.165, 1.54) is 6.20 Å². The lowest BCUT2D eigenvalue weighted by molar-refractivity contribution is 0.0693. The maximum atomic E-state index is 12.2. The van der Waals surface area contributed by atoms with Gasteiger partial charge >= 0.3 is 0 Å². The minimum atomic E-state index is -0.0825. The van der Waals surface area contributed by atoms with Gasteiger partial charge in [-0.3, -0.25) is 4.79 Å². The minimum absolute atomic E-state index is 0.0798. The molecule has 1 aromatic rings. The molecule has 0 aromatic carbocycles. The number of carbonyl (C=O) groups is 1. The van der Waals surface area contributed by atoms with E-state index in [1.54, 1.807) is 17.0 Å². The van der Waals surface area contributed by atoms with Crippen LogP contribution >= 0.6 is 0 Å². The lowest BCUT2D eigenvalue weighted by Gasteiger charge is -2.26. The SMILES string of the molecule is CC(C)N(CCCO)C(=O)c1ccc(N)nc1. The van der Waals surface area contributed by atoms with Crippen LogP contribution in [0.3, 0.4) is 0 Å². The van der Waals surface area contributed by atoms with Crippen molar-refractivity contribution in [3.63, 3.8) is 0 Å². The fourth-order valence-corrected chi connectivity index (χ4v) is 1.53. The maximum Gasteiger partial charge on any atom is 0.255 e. The topological polar surface area (TPSA) is 79.5 Å². The van der Waals surface area contributed by atoms with Crippen molar-refractivity contribution in [2.45, 2.75) is 26.3 Å². The Hall–Kier alpha value is -1.62. The predicted octanol–water partition coefficient (Wildman–Crippen LogP) is 0.897. The number of anilines is 1. The molecule has 0 saturated carbocycles. The molecule has 0 aliphatic rings. The summed E-state index contributed by atoms with van der Waals surface area (Å²) in [5, 5.41) is 8.82. The van der Waals surface area contributed by atoms with Crippen LogP contribution in [0.4, 0.5) is 5.82 Å². The zero-order valence-corrected chi connectivity index (χ0v) is 10.3. The lowest BCUT2D eigenvalue weighted by atomic mass is 10.2. The van der Waals surface area contributed by atoms with Gasteiger partial charge in [0, 0.05) is 25.4 Å². The standard InChI is InChI=1S/C12H19N3O2/c1-9(2)15(6-3-7-16)12(17)10-4-5-11(13)14-8-10/h4-5,8-9,16H,3,6-7H2,1-2H3,(H2,13,14). The predicted molar refractivity (Wildman–Crippen MR) is 66.5 cm³/mol. The largest absolute Gasteiger partial charge is 0.396 e. The van der Waals surface area contributed by atoms with Crippen LogP contribution in [0, 0.1) is 0 Å². The number of nitrogens with two attached hydrogens (primary N) is 1. The van der Waals surface area contributed by atoms with Gasteiger partial charge in [-0.05, 0) is 32.4 Å². The highest BCUT2D eigenvalue weighted by Gasteiger charge is 2.18. The summed E-state index contributed by atoms with van der Waals surface area (Å²) in [5.74, 6) is 0.314. The molecule has 0 bridgehead atoms. The second kappa shape index (κ2) is 6.20. The first-order valence-electron chi connectivity index (χ1n) is 5.69. The second-order valence-electron chi connectivity index (χ2n) is 4.14. The molecular weight excluding hydrogens is 218 g/mol. The van der Waals surface area contributed by atoms with Crippen LogP contribution in [-0.4, -0.2) is 40.1 Å². The van der Waals surface area contributed by atoms with Crippen molar-refractivity contribution >= 4 is 11.7 Å². The lowest BCUT2D eigenvalue weighted by Crippen LogP contribution is -2.38. The van der Waals surface area contributed by atoms with Gasteiger partial charge in [-0.25, -0.2) is 4.98 Å². The Morgan fingerprint density at radius 1 is 1.53 bits per heavy atom. The summed E-state index contributed by atoms with van der Waals surface area (Å²) in [6.07, 6.45) is 2.05. The maximum absolute atomic E-state index is 12.2. The van der Waals surface area contributed by atoms with Gasteiger partial charge in [0.05, 0.1) is 5.56 Å². The van der Waals surface area contributed by atoms with E-state index in [0.717, 1.165) is 0 Å². The number of rotatable bonds is 5. The smallest absolute Gasteiger partial charge is 0.255 e. The highest BCUT2D eigenvalue weighted by atomic mass is 16.3. The molecule has 17 heavy (non-hydrogen) atoms. The van der Waals surface area contributed by atoms with Crippen molar-refractivity contribution in [1.82, 2.24) is 9.88 Å². The molecule has 0 radical (unpaired) electrons. The Morgan fingerprint density at radius 2 is 2.24 bits per heavy atom. The molecular formula is C12H19N3O2. The van der Waals surface area contributed by atoms with Gasteiger partial charge < -0.3 is 15.7 Å². The van der Waals surface area contributed by atoms with Crippen molar-refractivity contribution in [3.8, 4) is 0 Å². The molecule has 0 fully saturated rings. The van der Waals surface area contributed by atoms with E-state index in [9.17, 15) is 4.79 Å². The van der Waals surface area contributed by atoms with Gasteiger partial charge in [0.1, 0.15) is 5.82 Å². The summed E-state index contributed by atoms with van der Waals surface area (Å²) in [6, 6.07) is 3.36. The molecule has 3 N–H and O–H groups in total. The van der Waals surface area contributed by atoms with Crippen LogP contribution in [0.5, 0.6) is 0 Å². The second-order valence-corrected chi connectivity index (χ2v) is 4.14. The number of hydrogen-bond acceptors (Lipinski definition) is 4. The van der Waals surface area contributed by atoms with E-state index in [0.29, 0.717) is 24.3 Å². The molecule has 1 rings (SSSR count). The third-order valence-electron chi connectivity index (χ3n) is 2.47. The summed E-state index contributed by atoms with van der Waals surface area (Å²) in [6.45, 7) is 4.51. The quantitative estimate of drug-likeness (QED) is 0.797. The number of pyridine rings is 1. The first kappa shape index (κ1) is 13.4. The first-order chi connectivity index (χ1) is 8.06. The number of carbonyl (C=O) groups excluding carboxylic acids is 1. The molecule has 5 heteroatoms. The van der Waals surface area contributed by atoms with Gasteiger partial charge in [0.25, 0.3) is 5.91 Å². The van der Waals surface area contributed by atoms with E-state index in [-0.39, 0.29) is 18.6 Å². The Bertz CT molecular complexity index is 363. The highest BCUT2D eigenvalue weighted by Crippen LogP contribution is 2.09. The highest BCUT2D eigenvalue weighted by molar-refractivity contribution is 5.94. The summed E-state index contributed by atoms with van der Waals surface area (Å²) in [7, 11) is 0. The Labute approximate surface area is 101 Å². The molecule has 0 unspecified atom stereocenters. The van der Waals surface area contributed by atoms with Crippen LogP contribution in [0.15, 0.2) is 18.3 Å². The molecule has 0 aliphatic heterocycles. The van der Waals surface area contributed by atoms with Crippen LogP contribution in [-0.2, 0) is 0 Å². The number of nitrogen functional groups attached to an aromatic ring is 1. The molecule has 0 atom stereocenters. The molecule has 1 heterocycles. The fourth-order valence-electron chi connectivity index (χ4n) is 1.53. The summed E-state index contributed by atoms with van der Waals surface area (Å²) >= 11 is 0. The van der Waals surface area contributed by atoms with Crippen LogP contribution < -0.4 is 5.73 Å². The van der Waals surface area contributed by atoms with Gasteiger partial charge in [-0.1, -0.05) is 0 Å². The van der Waals surface area contributed by atoms with Crippen molar-refractivity contribution in [3.05, 3.63) is 23.9 Å².